The topological polar surface area (TPSA) is 122 Å². The van der Waals surface area contributed by atoms with Gasteiger partial charge >= 0.3 is 18.2 Å². The normalized spacial score (nSPS) is 15.7. The number of carboxylic acid groups (broad SMARTS) is 1. The van der Waals surface area contributed by atoms with Crippen LogP contribution in [0.2, 0.25) is 0 Å². The summed E-state index contributed by atoms with van der Waals surface area (Å²) in [6.07, 6.45) is -3.51. The molecule has 0 aliphatic rings. The molecule has 0 aromatic carbocycles. The van der Waals surface area contributed by atoms with Gasteiger partial charge in [-0.25, -0.2) is 9.59 Å². The molecular formula is C10H16F3N3O4S. The number of rotatable bonds is 7. The standard InChI is InChI=1S/C10H16F3N3O4S/c1-9(7(18)19,10(11,12)13)16-6(17)5(3-4-21-2)15-8(14)20/h5H,3-4H2,1-2H3,(H,16,17)(H,18,19)(H3,14,15,20). The van der Waals surface area contributed by atoms with Crippen LogP contribution in [0.25, 0.3) is 0 Å². The molecule has 0 spiro atoms. The van der Waals surface area contributed by atoms with E-state index in [-0.39, 0.29) is 6.42 Å². The van der Waals surface area contributed by atoms with E-state index in [4.69, 9.17) is 10.8 Å². The van der Waals surface area contributed by atoms with E-state index >= 15 is 0 Å². The fourth-order valence-electron chi connectivity index (χ4n) is 1.26. The Bertz CT molecular complexity index is 419. The number of urea groups is 1. The van der Waals surface area contributed by atoms with Gasteiger partial charge in [-0.05, 0) is 25.4 Å². The first-order chi connectivity index (χ1) is 9.45. The molecule has 2 atom stereocenters. The van der Waals surface area contributed by atoms with Crippen molar-refractivity contribution in [1.29, 1.82) is 0 Å². The number of thioether (sulfide) groups is 1. The van der Waals surface area contributed by atoms with Crippen LogP contribution < -0.4 is 16.4 Å². The third kappa shape index (κ3) is 5.33. The molecule has 0 aliphatic heterocycles. The average molecular weight is 331 g/mol. The predicted octanol–water partition coefficient (Wildman–Crippen LogP) is 0.298. The van der Waals surface area contributed by atoms with Crippen molar-refractivity contribution in [3.63, 3.8) is 0 Å². The lowest BCUT2D eigenvalue weighted by Gasteiger charge is -2.30. The summed E-state index contributed by atoms with van der Waals surface area (Å²) in [7, 11) is 0. The lowest BCUT2D eigenvalue weighted by molar-refractivity contribution is -0.207. The molecule has 0 aromatic heterocycles. The zero-order valence-electron chi connectivity index (χ0n) is 11.3. The second-order valence-electron chi connectivity index (χ2n) is 4.26. The monoisotopic (exact) mass is 331 g/mol. The van der Waals surface area contributed by atoms with E-state index in [0.29, 0.717) is 12.7 Å². The summed E-state index contributed by atoms with van der Waals surface area (Å²) in [5, 5.41) is 12.1. The number of hydrogen-bond acceptors (Lipinski definition) is 4. The van der Waals surface area contributed by atoms with E-state index in [0.717, 1.165) is 0 Å². The number of carbonyl (C=O) groups is 3. The van der Waals surface area contributed by atoms with E-state index in [1.165, 1.54) is 17.1 Å². The van der Waals surface area contributed by atoms with Gasteiger partial charge in [-0.2, -0.15) is 24.9 Å². The Hall–Kier alpha value is -1.65. The van der Waals surface area contributed by atoms with Crippen LogP contribution in [-0.4, -0.2) is 52.8 Å². The number of carboxylic acids is 1. The minimum Gasteiger partial charge on any atom is -0.479 e. The van der Waals surface area contributed by atoms with Crippen LogP contribution in [0.15, 0.2) is 0 Å². The van der Waals surface area contributed by atoms with Crippen LogP contribution in [0.5, 0.6) is 0 Å². The quantitative estimate of drug-likeness (QED) is 0.534. The fraction of sp³-hybridized carbons (Fsp3) is 0.700. The van der Waals surface area contributed by atoms with Gasteiger partial charge in [0.25, 0.3) is 0 Å². The second kappa shape index (κ2) is 7.38. The molecule has 21 heavy (non-hydrogen) atoms. The Morgan fingerprint density at radius 2 is 1.86 bits per heavy atom. The molecule has 0 rings (SSSR count). The minimum absolute atomic E-state index is 0.00347. The number of halogens is 3. The Morgan fingerprint density at radius 3 is 2.19 bits per heavy atom. The maximum atomic E-state index is 12.8. The summed E-state index contributed by atoms with van der Waals surface area (Å²) in [4.78, 5) is 33.4. The number of nitrogens with two attached hydrogens (primary N) is 1. The number of alkyl halides is 3. The highest BCUT2D eigenvalue weighted by Gasteiger charge is 2.58. The molecule has 0 bridgehead atoms. The van der Waals surface area contributed by atoms with E-state index in [2.05, 4.69) is 0 Å². The van der Waals surface area contributed by atoms with Gasteiger partial charge in [0.1, 0.15) is 6.04 Å². The van der Waals surface area contributed by atoms with Gasteiger partial charge in [0.05, 0.1) is 0 Å². The van der Waals surface area contributed by atoms with Crippen LogP contribution in [0, 0.1) is 0 Å². The van der Waals surface area contributed by atoms with Gasteiger partial charge in [-0.1, -0.05) is 0 Å². The van der Waals surface area contributed by atoms with Gasteiger partial charge in [0.2, 0.25) is 11.4 Å². The predicted molar refractivity (Wildman–Crippen MR) is 69.7 cm³/mol. The molecule has 0 radical (unpaired) electrons. The van der Waals surface area contributed by atoms with Gasteiger partial charge in [-0.3, -0.25) is 4.79 Å². The molecule has 122 valence electrons. The van der Waals surface area contributed by atoms with Gasteiger partial charge in [0, 0.05) is 0 Å². The van der Waals surface area contributed by atoms with Crippen molar-refractivity contribution < 1.29 is 32.7 Å². The largest absolute Gasteiger partial charge is 0.479 e. The first kappa shape index (κ1) is 19.4. The van der Waals surface area contributed by atoms with Gasteiger partial charge in [0.15, 0.2) is 0 Å². The number of aliphatic carboxylic acids is 1. The maximum absolute atomic E-state index is 12.8. The van der Waals surface area contributed by atoms with E-state index in [1.54, 1.807) is 6.26 Å². The smallest absolute Gasteiger partial charge is 0.422 e. The summed E-state index contributed by atoms with van der Waals surface area (Å²) in [6, 6.07) is -2.45. The minimum atomic E-state index is -5.20. The highest BCUT2D eigenvalue weighted by Crippen LogP contribution is 2.30. The first-order valence-electron chi connectivity index (χ1n) is 5.62. The van der Waals surface area contributed by atoms with Gasteiger partial charge < -0.3 is 21.5 Å². The first-order valence-corrected chi connectivity index (χ1v) is 7.02. The lowest BCUT2D eigenvalue weighted by Crippen LogP contribution is -2.65. The molecule has 0 saturated heterocycles. The molecule has 0 fully saturated rings. The third-order valence-electron chi connectivity index (χ3n) is 2.61. The summed E-state index contributed by atoms with van der Waals surface area (Å²) < 4.78 is 38.3. The number of hydrogen-bond donors (Lipinski definition) is 4. The number of amides is 3. The molecule has 0 saturated carbocycles. The highest BCUT2D eigenvalue weighted by molar-refractivity contribution is 7.98. The summed E-state index contributed by atoms with van der Waals surface area (Å²) >= 11 is 1.29. The molecule has 0 aromatic rings. The maximum Gasteiger partial charge on any atom is 0.422 e. The van der Waals surface area contributed by atoms with Crippen molar-refractivity contribution in [2.24, 2.45) is 5.73 Å². The van der Waals surface area contributed by atoms with Crippen LogP contribution in [0.3, 0.4) is 0 Å². The van der Waals surface area contributed by atoms with Crippen LogP contribution >= 0.6 is 11.8 Å². The van der Waals surface area contributed by atoms with Gasteiger partial charge in [-0.15, -0.1) is 0 Å². The SMILES string of the molecule is CSCCC(NC(N)=O)C(=O)NC(C)(C(=O)O)C(F)(F)F. The lowest BCUT2D eigenvalue weighted by atomic mass is 10.0. The van der Waals surface area contributed by atoms with Crippen LogP contribution in [0.4, 0.5) is 18.0 Å². The third-order valence-corrected chi connectivity index (χ3v) is 3.26. The van der Waals surface area contributed by atoms with E-state index in [1.807, 2.05) is 5.32 Å². The molecular weight excluding hydrogens is 315 g/mol. The number of nitrogens with one attached hydrogen (secondary N) is 2. The molecule has 0 heterocycles. The van der Waals surface area contributed by atoms with Crippen molar-refractivity contribution in [3.05, 3.63) is 0 Å². The van der Waals surface area contributed by atoms with Crippen LogP contribution in [-0.2, 0) is 9.59 Å². The summed E-state index contributed by atoms with van der Waals surface area (Å²) in [6.45, 7) is 0.323. The van der Waals surface area contributed by atoms with Crippen molar-refractivity contribution in [2.75, 3.05) is 12.0 Å². The zero-order valence-corrected chi connectivity index (χ0v) is 12.1. The molecule has 0 aliphatic carbocycles. The number of carbonyl (C=O) groups excluding carboxylic acids is 2. The zero-order chi connectivity index (χ0) is 16.8. The fourth-order valence-corrected chi connectivity index (χ4v) is 1.73. The Morgan fingerprint density at radius 1 is 1.33 bits per heavy atom. The highest BCUT2D eigenvalue weighted by atomic mass is 32.2. The van der Waals surface area contributed by atoms with E-state index in [9.17, 15) is 27.6 Å². The van der Waals surface area contributed by atoms with Crippen molar-refractivity contribution in [2.45, 2.75) is 31.1 Å². The van der Waals surface area contributed by atoms with Crippen molar-refractivity contribution in [1.82, 2.24) is 10.6 Å². The molecule has 11 heteroatoms. The second-order valence-corrected chi connectivity index (χ2v) is 5.25. The number of primary amides is 1. The van der Waals surface area contributed by atoms with Crippen LogP contribution in [0.1, 0.15) is 13.3 Å². The summed E-state index contributed by atoms with van der Waals surface area (Å²) in [5.74, 6) is -3.18. The van der Waals surface area contributed by atoms with E-state index < -0.39 is 35.7 Å². The Balaban J connectivity index is 5.17. The molecule has 5 N–H and O–H groups in total. The van der Waals surface area contributed by atoms with Crippen molar-refractivity contribution in [3.8, 4) is 0 Å². The Labute approximate surface area is 122 Å². The average Bonchev–Trinajstić information content (AvgIpc) is 2.31. The summed E-state index contributed by atoms with van der Waals surface area (Å²) in [5.41, 5.74) is 1.38. The molecule has 2 unspecified atom stereocenters. The Kier molecular flexibility index (Phi) is 6.80. The van der Waals surface area contributed by atoms with Crippen molar-refractivity contribution >= 4 is 29.7 Å². The molecule has 3 amide bonds. The molecule has 7 nitrogen and oxygen atoms in total.